The van der Waals surface area contributed by atoms with Crippen LogP contribution in [0.2, 0.25) is 0 Å². The summed E-state index contributed by atoms with van der Waals surface area (Å²) in [6, 6.07) is 7.18. The number of hydrogen-bond acceptors (Lipinski definition) is 2. The quantitative estimate of drug-likeness (QED) is 0.612. The molecule has 2 aromatic rings. The molecule has 1 heterocycles. The number of carbonyl (C=O) groups is 2. The van der Waals surface area contributed by atoms with Gasteiger partial charge in [0.25, 0.3) is 5.91 Å². The van der Waals surface area contributed by atoms with Gasteiger partial charge in [-0.05, 0) is 25.3 Å². The minimum Gasteiger partial charge on any atom is -0.360 e. The molecule has 1 aromatic carbocycles. The van der Waals surface area contributed by atoms with Crippen LogP contribution in [0.15, 0.2) is 30.5 Å². The molecule has 4 N–H and O–H groups in total. The summed E-state index contributed by atoms with van der Waals surface area (Å²) >= 11 is 0. The van der Waals surface area contributed by atoms with Crippen molar-refractivity contribution in [1.29, 1.82) is 0 Å². The van der Waals surface area contributed by atoms with Crippen LogP contribution < -0.4 is 16.2 Å². The predicted octanol–water partition coefficient (Wildman–Crippen LogP) is 3.33. The van der Waals surface area contributed by atoms with E-state index in [0.29, 0.717) is 11.5 Å². The molecule has 0 aliphatic heterocycles. The number of nitrogens with one attached hydrogen (secondary N) is 4. The summed E-state index contributed by atoms with van der Waals surface area (Å²) in [7, 11) is 0. The molecule has 0 bridgehead atoms. The summed E-state index contributed by atoms with van der Waals surface area (Å²) in [6.45, 7) is 6.33. The number of hydrazine groups is 1. The Bertz CT molecular complexity index is 693. The number of para-hydroxylation sites is 1. The van der Waals surface area contributed by atoms with E-state index >= 15 is 0 Å². The van der Waals surface area contributed by atoms with Gasteiger partial charge in [0.05, 0.1) is 5.56 Å². The largest absolute Gasteiger partial charge is 0.360 e. The lowest BCUT2D eigenvalue weighted by atomic mass is 10.0. The number of carbonyl (C=O) groups excluding carboxylic acids is 2. The van der Waals surface area contributed by atoms with Gasteiger partial charge in [0, 0.05) is 23.1 Å². The zero-order chi connectivity index (χ0) is 17.5. The number of amides is 3. The van der Waals surface area contributed by atoms with Crippen LogP contribution in [0.3, 0.4) is 0 Å². The second kappa shape index (κ2) is 8.38. The molecule has 1 unspecified atom stereocenters. The minimum atomic E-state index is -0.403. The van der Waals surface area contributed by atoms with Crippen molar-refractivity contribution in [1.82, 2.24) is 21.2 Å². The molecule has 0 saturated heterocycles. The lowest BCUT2D eigenvalue weighted by Gasteiger charge is -2.15. The molecule has 1 aromatic heterocycles. The molecule has 2 rings (SSSR count). The number of aromatic amines is 1. The van der Waals surface area contributed by atoms with Crippen molar-refractivity contribution in [2.45, 2.75) is 46.1 Å². The first-order valence-corrected chi connectivity index (χ1v) is 8.40. The van der Waals surface area contributed by atoms with E-state index in [9.17, 15) is 9.59 Å². The van der Waals surface area contributed by atoms with Crippen LogP contribution in [0, 0.1) is 5.92 Å². The SMILES string of the molecule is CC(C)CCCC(C)NC(=O)NNC(=O)c1c[nH]c2ccccc12. The highest BCUT2D eigenvalue weighted by atomic mass is 16.2. The van der Waals surface area contributed by atoms with Gasteiger partial charge in [-0.15, -0.1) is 0 Å². The van der Waals surface area contributed by atoms with Crippen LogP contribution in [-0.4, -0.2) is 23.0 Å². The number of hydrogen-bond donors (Lipinski definition) is 4. The van der Waals surface area contributed by atoms with Gasteiger partial charge in [0.15, 0.2) is 0 Å². The predicted molar refractivity (Wildman–Crippen MR) is 95.6 cm³/mol. The van der Waals surface area contributed by atoms with E-state index in [1.54, 1.807) is 6.20 Å². The van der Waals surface area contributed by atoms with E-state index in [-0.39, 0.29) is 11.9 Å². The van der Waals surface area contributed by atoms with Gasteiger partial charge in [-0.1, -0.05) is 44.9 Å². The highest BCUT2D eigenvalue weighted by Crippen LogP contribution is 2.17. The lowest BCUT2D eigenvalue weighted by molar-refractivity contribution is 0.0937. The van der Waals surface area contributed by atoms with Crippen LogP contribution in [0.5, 0.6) is 0 Å². The maximum absolute atomic E-state index is 12.2. The smallest absolute Gasteiger partial charge is 0.333 e. The molecular formula is C18H26N4O2. The fraction of sp³-hybridized carbons (Fsp3) is 0.444. The van der Waals surface area contributed by atoms with Crippen LogP contribution in [0.4, 0.5) is 4.79 Å². The van der Waals surface area contributed by atoms with Crippen LogP contribution >= 0.6 is 0 Å². The van der Waals surface area contributed by atoms with Crippen molar-refractivity contribution >= 4 is 22.8 Å². The number of H-pyrrole nitrogens is 1. The Balaban J connectivity index is 1.78. The molecule has 0 aliphatic carbocycles. The summed E-state index contributed by atoms with van der Waals surface area (Å²) in [6.07, 6.45) is 4.77. The first-order chi connectivity index (χ1) is 11.5. The van der Waals surface area contributed by atoms with E-state index in [0.717, 1.165) is 30.2 Å². The third kappa shape index (κ3) is 5.01. The third-order valence-corrected chi connectivity index (χ3v) is 3.92. The molecule has 6 heteroatoms. The molecule has 0 fully saturated rings. The Labute approximate surface area is 142 Å². The number of urea groups is 1. The fourth-order valence-electron chi connectivity index (χ4n) is 2.60. The zero-order valence-corrected chi connectivity index (χ0v) is 14.5. The van der Waals surface area contributed by atoms with Gasteiger partial charge in [0.1, 0.15) is 0 Å². The first kappa shape index (κ1) is 17.8. The topological polar surface area (TPSA) is 86.0 Å². The molecular weight excluding hydrogens is 304 g/mol. The molecule has 0 radical (unpaired) electrons. The summed E-state index contributed by atoms with van der Waals surface area (Å²) < 4.78 is 0. The molecule has 3 amide bonds. The second-order valence-corrected chi connectivity index (χ2v) is 6.53. The van der Waals surface area contributed by atoms with Crippen LogP contribution in [-0.2, 0) is 0 Å². The van der Waals surface area contributed by atoms with Crippen molar-refractivity contribution in [2.24, 2.45) is 5.92 Å². The van der Waals surface area contributed by atoms with E-state index in [2.05, 4.69) is 35.0 Å². The Hall–Kier alpha value is -2.50. The van der Waals surface area contributed by atoms with E-state index in [4.69, 9.17) is 0 Å². The van der Waals surface area contributed by atoms with Gasteiger partial charge >= 0.3 is 6.03 Å². The third-order valence-electron chi connectivity index (χ3n) is 3.92. The standard InChI is InChI=1S/C18H26N4O2/c1-12(2)7-6-8-13(3)20-18(24)22-21-17(23)15-11-19-16-10-5-4-9-14(15)16/h4-5,9-13,19H,6-8H2,1-3H3,(H,21,23)(H2,20,22,24). The van der Waals surface area contributed by atoms with E-state index < -0.39 is 6.03 Å². The van der Waals surface area contributed by atoms with Crippen LogP contribution in [0.25, 0.3) is 10.9 Å². The molecule has 1 atom stereocenters. The Morgan fingerprint density at radius 3 is 2.58 bits per heavy atom. The van der Waals surface area contributed by atoms with Crippen molar-refractivity contribution in [3.05, 3.63) is 36.0 Å². The minimum absolute atomic E-state index is 0.0636. The Morgan fingerprint density at radius 2 is 1.83 bits per heavy atom. The van der Waals surface area contributed by atoms with Crippen molar-refractivity contribution in [3.63, 3.8) is 0 Å². The number of benzene rings is 1. The molecule has 130 valence electrons. The van der Waals surface area contributed by atoms with Crippen molar-refractivity contribution in [3.8, 4) is 0 Å². The first-order valence-electron chi connectivity index (χ1n) is 8.40. The average Bonchev–Trinajstić information content (AvgIpc) is 2.96. The second-order valence-electron chi connectivity index (χ2n) is 6.53. The Kier molecular flexibility index (Phi) is 6.23. The molecule has 6 nitrogen and oxygen atoms in total. The summed E-state index contributed by atoms with van der Waals surface area (Å²) in [5.41, 5.74) is 6.21. The summed E-state index contributed by atoms with van der Waals surface area (Å²) in [5, 5.41) is 3.64. The Morgan fingerprint density at radius 1 is 1.08 bits per heavy atom. The highest BCUT2D eigenvalue weighted by Gasteiger charge is 2.13. The van der Waals surface area contributed by atoms with Crippen LogP contribution in [0.1, 0.15) is 50.4 Å². The maximum atomic E-state index is 12.2. The molecule has 0 aliphatic rings. The zero-order valence-electron chi connectivity index (χ0n) is 14.5. The van der Waals surface area contributed by atoms with Gasteiger partial charge in [0.2, 0.25) is 0 Å². The summed E-state index contributed by atoms with van der Waals surface area (Å²) in [5.74, 6) is 0.316. The lowest BCUT2D eigenvalue weighted by Crippen LogP contribution is -2.49. The van der Waals surface area contributed by atoms with E-state index in [1.165, 1.54) is 0 Å². The van der Waals surface area contributed by atoms with Crippen molar-refractivity contribution in [2.75, 3.05) is 0 Å². The molecule has 24 heavy (non-hydrogen) atoms. The van der Waals surface area contributed by atoms with Gasteiger partial charge < -0.3 is 10.3 Å². The number of aromatic nitrogens is 1. The monoisotopic (exact) mass is 330 g/mol. The highest BCUT2D eigenvalue weighted by molar-refractivity contribution is 6.07. The van der Waals surface area contributed by atoms with Gasteiger partial charge in [-0.3, -0.25) is 10.2 Å². The van der Waals surface area contributed by atoms with E-state index in [1.807, 2.05) is 31.2 Å². The fourth-order valence-corrected chi connectivity index (χ4v) is 2.60. The molecule has 0 spiro atoms. The average molecular weight is 330 g/mol. The van der Waals surface area contributed by atoms with Gasteiger partial charge in [-0.25, -0.2) is 10.2 Å². The van der Waals surface area contributed by atoms with Crippen molar-refractivity contribution < 1.29 is 9.59 Å². The normalized spacial score (nSPS) is 12.2. The number of fused-ring (bicyclic) bond motifs is 1. The number of rotatable bonds is 6. The van der Waals surface area contributed by atoms with Gasteiger partial charge in [-0.2, -0.15) is 0 Å². The molecule has 0 saturated carbocycles. The summed E-state index contributed by atoms with van der Waals surface area (Å²) in [4.78, 5) is 27.1. The maximum Gasteiger partial charge on any atom is 0.333 e.